The van der Waals surface area contributed by atoms with Gasteiger partial charge in [0, 0.05) is 0 Å². The normalized spacial score (nSPS) is 5.00. The second-order valence-electron chi connectivity index (χ2n) is 1.000. The molecule has 2 heteroatoms. The van der Waals surface area contributed by atoms with Gasteiger partial charge in [-0.1, -0.05) is 26.7 Å². The monoisotopic (exact) mass is 120 g/mol. The molecule has 6 heavy (non-hydrogen) atoms. The molecule has 0 nitrogen and oxygen atoms in total. The predicted molar refractivity (Wildman–Crippen MR) is 31.6 cm³/mol. The number of hydrogen-bond acceptors (Lipinski definition) is 0. The minimum atomic E-state index is 0. The van der Waals surface area contributed by atoms with Gasteiger partial charge < -0.3 is 0 Å². The van der Waals surface area contributed by atoms with E-state index >= 15 is 0 Å². The molecule has 0 saturated heterocycles. The van der Waals surface area contributed by atoms with Crippen molar-refractivity contribution in [3.63, 3.8) is 0 Å². The van der Waals surface area contributed by atoms with Gasteiger partial charge in [-0.3, -0.25) is 4.70 Å². The summed E-state index contributed by atoms with van der Waals surface area (Å²) >= 11 is 0. The summed E-state index contributed by atoms with van der Waals surface area (Å²) in [7, 11) is 0. The Balaban J connectivity index is -0.0000000450. The van der Waals surface area contributed by atoms with E-state index in [0.717, 1.165) is 0 Å². The van der Waals surface area contributed by atoms with Crippen molar-refractivity contribution in [3.8, 4) is 0 Å². The molecule has 0 radical (unpaired) electrons. The number of rotatable bonds is 1. The standard InChI is InChI=1S/C4H10.Ca.FH.2H/c1-3-4-2;;;;/h3-4H2,1-2H3;;1H;;. The quantitative estimate of drug-likeness (QED) is 0.454. The maximum absolute atomic E-state index is 2.18. The van der Waals surface area contributed by atoms with Crippen LogP contribution >= 0.6 is 0 Å². The van der Waals surface area contributed by atoms with E-state index in [-0.39, 0.29) is 42.4 Å². The van der Waals surface area contributed by atoms with Crippen LogP contribution in [0.2, 0.25) is 0 Å². The zero-order valence-electron chi connectivity index (χ0n) is 3.82. The van der Waals surface area contributed by atoms with Crippen LogP contribution < -0.4 is 0 Å². The average Bonchev–Trinajstić information content (AvgIpc) is 1.37. The Labute approximate surface area is 68.7 Å². The van der Waals surface area contributed by atoms with Crippen LogP contribution in [-0.2, 0) is 0 Å². The first-order chi connectivity index (χ1) is 1.91. The zero-order chi connectivity index (χ0) is 3.41. The molecule has 0 bridgehead atoms. The molecule has 0 aliphatic carbocycles. The fourth-order valence-corrected chi connectivity index (χ4v) is 0. The average molecular weight is 120 g/mol. The van der Waals surface area contributed by atoms with Gasteiger partial charge in [-0.05, 0) is 0 Å². The van der Waals surface area contributed by atoms with Crippen molar-refractivity contribution in [2.75, 3.05) is 0 Å². The van der Waals surface area contributed by atoms with E-state index in [9.17, 15) is 0 Å². The van der Waals surface area contributed by atoms with Crippen molar-refractivity contribution in [2.45, 2.75) is 26.7 Å². The van der Waals surface area contributed by atoms with Gasteiger partial charge in [0.1, 0.15) is 0 Å². The Morgan fingerprint density at radius 2 is 1.17 bits per heavy atom. The summed E-state index contributed by atoms with van der Waals surface area (Å²) in [5, 5.41) is 0. The molecule has 0 amide bonds. The number of halogens is 1. The Kier molecular flexibility index (Phi) is 42.9. The zero-order valence-corrected chi connectivity index (χ0v) is 3.82. The van der Waals surface area contributed by atoms with Gasteiger partial charge in [-0.25, -0.2) is 0 Å². The van der Waals surface area contributed by atoms with Crippen molar-refractivity contribution in [1.82, 2.24) is 0 Å². The van der Waals surface area contributed by atoms with Gasteiger partial charge in [0.2, 0.25) is 0 Å². The van der Waals surface area contributed by atoms with Crippen molar-refractivity contribution < 1.29 is 4.70 Å². The van der Waals surface area contributed by atoms with E-state index in [2.05, 4.69) is 13.8 Å². The fraction of sp³-hybridized carbons (Fsp3) is 1.00. The molecule has 0 aliphatic rings. The van der Waals surface area contributed by atoms with Crippen LogP contribution in [0.4, 0.5) is 4.70 Å². The van der Waals surface area contributed by atoms with E-state index in [1.54, 1.807) is 0 Å². The Hall–Kier alpha value is 1.19. The van der Waals surface area contributed by atoms with Crippen molar-refractivity contribution in [3.05, 3.63) is 0 Å². The molecule has 0 heterocycles. The maximum atomic E-state index is 2.18. The summed E-state index contributed by atoms with van der Waals surface area (Å²) in [6.07, 6.45) is 2.64. The fourth-order valence-electron chi connectivity index (χ4n) is 0. The predicted octanol–water partition coefficient (Wildman–Crippen LogP) is 1.04. The van der Waals surface area contributed by atoms with Crippen LogP contribution in [0, 0.1) is 0 Å². The van der Waals surface area contributed by atoms with Crippen LogP contribution in [0.25, 0.3) is 0 Å². The molecule has 0 unspecified atom stereocenters. The molecule has 0 spiro atoms. The molecular formula is C4H13CaF. The molecule has 0 N–H and O–H groups in total. The van der Waals surface area contributed by atoms with Gasteiger partial charge in [0.25, 0.3) is 0 Å². The summed E-state index contributed by atoms with van der Waals surface area (Å²) in [5.41, 5.74) is 0. The van der Waals surface area contributed by atoms with Crippen LogP contribution in [-0.4, -0.2) is 37.7 Å². The molecule has 0 aliphatic heterocycles. The van der Waals surface area contributed by atoms with Gasteiger partial charge in [0.15, 0.2) is 0 Å². The van der Waals surface area contributed by atoms with E-state index in [1.807, 2.05) is 0 Å². The molecular weight excluding hydrogens is 107 g/mol. The number of hydrogen-bond donors (Lipinski definition) is 0. The van der Waals surface area contributed by atoms with E-state index in [1.165, 1.54) is 12.8 Å². The Morgan fingerprint density at radius 3 is 1.17 bits per heavy atom. The molecule has 0 saturated carbocycles. The minimum absolute atomic E-state index is 0. The van der Waals surface area contributed by atoms with E-state index < -0.39 is 0 Å². The third kappa shape index (κ3) is 19.0. The first kappa shape index (κ1) is 15.7. The third-order valence-corrected chi connectivity index (χ3v) is 0.500. The molecule has 0 atom stereocenters. The second kappa shape index (κ2) is 16.4. The van der Waals surface area contributed by atoms with Crippen molar-refractivity contribution in [2.24, 2.45) is 0 Å². The summed E-state index contributed by atoms with van der Waals surface area (Å²) < 4.78 is 0. The molecule has 0 aromatic rings. The summed E-state index contributed by atoms with van der Waals surface area (Å²) in [5.74, 6) is 0. The molecule has 0 aromatic heterocycles. The SMILES string of the molecule is CCCC.F.[CaH2]. The van der Waals surface area contributed by atoms with Crippen LogP contribution in [0.1, 0.15) is 26.7 Å². The second-order valence-corrected chi connectivity index (χ2v) is 1.000. The first-order valence-electron chi connectivity index (χ1n) is 1.91. The van der Waals surface area contributed by atoms with Crippen LogP contribution in [0.15, 0.2) is 0 Å². The molecule has 0 rings (SSSR count). The molecule has 0 aromatic carbocycles. The van der Waals surface area contributed by atoms with Crippen molar-refractivity contribution >= 4 is 37.7 Å². The van der Waals surface area contributed by atoms with Crippen LogP contribution in [0.3, 0.4) is 0 Å². The van der Waals surface area contributed by atoms with E-state index in [4.69, 9.17) is 0 Å². The summed E-state index contributed by atoms with van der Waals surface area (Å²) in [4.78, 5) is 0. The first-order valence-corrected chi connectivity index (χ1v) is 1.91. The molecule has 38 valence electrons. The topological polar surface area (TPSA) is 0 Å². The Morgan fingerprint density at radius 1 is 1.00 bits per heavy atom. The number of unbranched alkanes of at least 4 members (excludes halogenated alkanes) is 1. The van der Waals surface area contributed by atoms with Gasteiger partial charge in [0.05, 0.1) is 0 Å². The van der Waals surface area contributed by atoms with Gasteiger partial charge in [-0.2, -0.15) is 0 Å². The van der Waals surface area contributed by atoms with E-state index in [0.29, 0.717) is 0 Å². The van der Waals surface area contributed by atoms with Gasteiger partial charge in [-0.15, -0.1) is 0 Å². The summed E-state index contributed by atoms with van der Waals surface area (Å²) in [6, 6.07) is 0. The van der Waals surface area contributed by atoms with Gasteiger partial charge >= 0.3 is 37.7 Å². The van der Waals surface area contributed by atoms with Crippen LogP contribution in [0.5, 0.6) is 0 Å². The third-order valence-electron chi connectivity index (χ3n) is 0.500. The van der Waals surface area contributed by atoms with Crippen molar-refractivity contribution in [1.29, 1.82) is 0 Å². The summed E-state index contributed by atoms with van der Waals surface area (Å²) in [6.45, 7) is 4.36. The Bertz CT molecular complexity index is 9.51. The molecule has 0 fully saturated rings.